The van der Waals surface area contributed by atoms with E-state index >= 15 is 0 Å². The summed E-state index contributed by atoms with van der Waals surface area (Å²) in [5, 5.41) is 12.1. The fourth-order valence-electron chi connectivity index (χ4n) is 1.05. The third kappa shape index (κ3) is 2.53. The Morgan fingerprint density at radius 1 is 1.55 bits per heavy atom. The molecular weight excluding hydrogens is 138 g/mol. The molecule has 2 nitrogen and oxygen atoms in total. The topological polar surface area (TPSA) is 32.3 Å². The molecule has 0 aromatic rings. The molecule has 0 radical (unpaired) electrons. The van der Waals surface area contributed by atoms with Gasteiger partial charge in [-0.2, -0.15) is 0 Å². The fraction of sp³-hybridized carbons (Fsp3) is 0.778. The van der Waals surface area contributed by atoms with E-state index in [9.17, 15) is 0 Å². The molecule has 0 aliphatic heterocycles. The zero-order chi connectivity index (χ0) is 8.16. The van der Waals surface area contributed by atoms with Gasteiger partial charge in [-0.1, -0.05) is 5.92 Å². The third-order valence-corrected chi connectivity index (χ3v) is 2.18. The van der Waals surface area contributed by atoms with Gasteiger partial charge in [-0.05, 0) is 19.8 Å². The summed E-state index contributed by atoms with van der Waals surface area (Å²) >= 11 is 0. The lowest BCUT2D eigenvalue weighted by Gasteiger charge is -2.10. The van der Waals surface area contributed by atoms with Crippen molar-refractivity contribution < 1.29 is 5.11 Å². The lowest BCUT2D eigenvalue weighted by Crippen LogP contribution is -2.26. The first-order valence-electron chi connectivity index (χ1n) is 4.04. The van der Waals surface area contributed by atoms with Crippen LogP contribution in [0.2, 0.25) is 0 Å². The smallest absolute Gasteiger partial charge is 0.0576 e. The van der Waals surface area contributed by atoms with Gasteiger partial charge in [0.1, 0.15) is 0 Å². The summed E-state index contributed by atoms with van der Waals surface area (Å²) in [5.74, 6) is 5.75. The molecule has 0 aromatic carbocycles. The van der Waals surface area contributed by atoms with Gasteiger partial charge in [-0.15, -0.1) is 5.92 Å². The Labute approximate surface area is 68.0 Å². The van der Waals surface area contributed by atoms with Crippen molar-refractivity contribution in [2.75, 3.05) is 19.7 Å². The molecule has 0 heterocycles. The Bertz CT molecular complexity index is 174. The predicted molar refractivity (Wildman–Crippen MR) is 45.1 cm³/mol. The average molecular weight is 153 g/mol. The molecule has 0 bridgehead atoms. The van der Waals surface area contributed by atoms with Gasteiger partial charge in [0, 0.05) is 18.6 Å². The largest absolute Gasteiger partial charge is 0.396 e. The monoisotopic (exact) mass is 153 g/mol. The highest BCUT2D eigenvalue weighted by atomic mass is 16.3. The van der Waals surface area contributed by atoms with Crippen molar-refractivity contribution in [2.45, 2.75) is 19.8 Å². The molecule has 0 amide bonds. The van der Waals surface area contributed by atoms with Crippen LogP contribution in [0, 0.1) is 17.3 Å². The van der Waals surface area contributed by atoms with Gasteiger partial charge < -0.3 is 10.4 Å². The number of nitrogens with one attached hydrogen (secondary N) is 1. The molecule has 0 saturated heterocycles. The standard InChI is InChI=1S/C9H15NO/c1-2-3-6-10-7-9(8-11)4-5-9/h10-11H,4-8H2,1H3. The lowest BCUT2D eigenvalue weighted by atomic mass is 10.1. The first-order chi connectivity index (χ1) is 5.33. The Kier molecular flexibility index (Phi) is 2.92. The minimum Gasteiger partial charge on any atom is -0.396 e. The summed E-state index contributed by atoms with van der Waals surface area (Å²) in [7, 11) is 0. The molecule has 1 aliphatic rings. The second kappa shape index (κ2) is 3.75. The molecule has 1 saturated carbocycles. The summed E-state index contributed by atoms with van der Waals surface area (Å²) in [5.41, 5.74) is 0.218. The number of hydrogen-bond donors (Lipinski definition) is 2. The van der Waals surface area contributed by atoms with E-state index in [1.54, 1.807) is 0 Å². The number of aliphatic hydroxyl groups is 1. The van der Waals surface area contributed by atoms with Crippen LogP contribution in [-0.2, 0) is 0 Å². The molecule has 0 aromatic heterocycles. The van der Waals surface area contributed by atoms with E-state index in [1.165, 1.54) is 0 Å². The van der Waals surface area contributed by atoms with Crippen LogP contribution in [0.15, 0.2) is 0 Å². The molecule has 62 valence electrons. The Balaban J connectivity index is 2.06. The number of hydrogen-bond acceptors (Lipinski definition) is 2. The minimum atomic E-state index is 0.218. The van der Waals surface area contributed by atoms with Crippen LogP contribution < -0.4 is 5.32 Å². The maximum Gasteiger partial charge on any atom is 0.0576 e. The number of rotatable bonds is 4. The maximum atomic E-state index is 8.94. The van der Waals surface area contributed by atoms with E-state index in [0.29, 0.717) is 6.61 Å². The summed E-state index contributed by atoms with van der Waals surface area (Å²) in [4.78, 5) is 0. The summed E-state index contributed by atoms with van der Waals surface area (Å²) in [6, 6.07) is 0. The highest BCUT2D eigenvalue weighted by Crippen LogP contribution is 2.44. The molecular formula is C9H15NO. The maximum absolute atomic E-state index is 8.94. The number of aliphatic hydroxyl groups excluding tert-OH is 1. The van der Waals surface area contributed by atoms with Gasteiger partial charge in [0.25, 0.3) is 0 Å². The highest BCUT2D eigenvalue weighted by Gasteiger charge is 2.41. The summed E-state index contributed by atoms with van der Waals surface area (Å²) < 4.78 is 0. The van der Waals surface area contributed by atoms with E-state index in [4.69, 9.17) is 5.11 Å². The van der Waals surface area contributed by atoms with Crippen molar-refractivity contribution in [1.82, 2.24) is 5.32 Å². The zero-order valence-electron chi connectivity index (χ0n) is 6.98. The molecule has 2 N–H and O–H groups in total. The molecule has 2 heteroatoms. The van der Waals surface area contributed by atoms with E-state index in [-0.39, 0.29) is 5.41 Å². The van der Waals surface area contributed by atoms with Crippen molar-refractivity contribution in [3.63, 3.8) is 0 Å². The normalized spacial score (nSPS) is 18.7. The molecule has 0 unspecified atom stereocenters. The van der Waals surface area contributed by atoms with Crippen LogP contribution in [0.25, 0.3) is 0 Å². The van der Waals surface area contributed by atoms with Gasteiger partial charge in [0.15, 0.2) is 0 Å². The summed E-state index contributed by atoms with van der Waals surface area (Å²) in [6.45, 7) is 3.82. The van der Waals surface area contributed by atoms with E-state index in [1.807, 2.05) is 6.92 Å². The van der Waals surface area contributed by atoms with Crippen LogP contribution >= 0.6 is 0 Å². The second-order valence-electron chi connectivity index (χ2n) is 3.19. The van der Waals surface area contributed by atoms with Crippen LogP contribution in [0.3, 0.4) is 0 Å². The predicted octanol–water partition coefficient (Wildman–Crippen LogP) is 0.372. The molecule has 1 rings (SSSR count). The Morgan fingerprint density at radius 3 is 2.73 bits per heavy atom. The van der Waals surface area contributed by atoms with Gasteiger partial charge >= 0.3 is 0 Å². The minimum absolute atomic E-state index is 0.218. The van der Waals surface area contributed by atoms with Crippen molar-refractivity contribution in [1.29, 1.82) is 0 Å². The van der Waals surface area contributed by atoms with E-state index in [0.717, 1.165) is 25.9 Å². The van der Waals surface area contributed by atoms with Gasteiger partial charge in [0.05, 0.1) is 6.54 Å². The molecule has 1 fully saturated rings. The van der Waals surface area contributed by atoms with Crippen molar-refractivity contribution >= 4 is 0 Å². The fourth-order valence-corrected chi connectivity index (χ4v) is 1.05. The van der Waals surface area contributed by atoms with Crippen molar-refractivity contribution in [3.8, 4) is 11.8 Å². The Morgan fingerprint density at radius 2 is 2.27 bits per heavy atom. The quantitative estimate of drug-likeness (QED) is 0.452. The van der Waals surface area contributed by atoms with E-state index in [2.05, 4.69) is 17.2 Å². The molecule has 0 spiro atoms. The Hall–Kier alpha value is -0.520. The van der Waals surface area contributed by atoms with Crippen molar-refractivity contribution in [3.05, 3.63) is 0 Å². The average Bonchev–Trinajstić information content (AvgIpc) is 2.80. The van der Waals surface area contributed by atoms with Gasteiger partial charge in [-0.3, -0.25) is 0 Å². The first-order valence-corrected chi connectivity index (χ1v) is 4.04. The van der Waals surface area contributed by atoms with Crippen molar-refractivity contribution in [2.24, 2.45) is 5.41 Å². The zero-order valence-corrected chi connectivity index (χ0v) is 6.98. The highest BCUT2D eigenvalue weighted by molar-refractivity contribution is 4.99. The second-order valence-corrected chi connectivity index (χ2v) is 3.19. The van der Waals surface area contributed by atoms with Crippen LogP contribution in [0.4, 0.5) is 0 Å². The lowest BCUT2D eigenvalue weighted by molar-refractivity contribution is 0.209. The van der Waals surface area contributed by atoms with Crippen LogP contribution in [-0.4, -0.2) is 24.8 Å². The van der Waals surface area contributed by atoms with Crippen LogP contribution in [0.1, 0.15) is 19.8 Å². The van der Waals surface area contributed by atoms with Gasteiger partial charge in [0.2, 0.25) is 0 Å². The molecule has 0 atom stereocenters. The molecule has 1 aliphatic carbocycles. The SMILES string of the molecule is CC#CCNCC1(CO)CC1. The van der Waals surface area contributed by atoms with Gasteiger partial charge in [-0.25, -0.2) is 0 Å². The first kappa shape index (κ1) is 8.58. The molecule has 11 heavy (non-hydrogen) atoms. The van der Waals surface area contributed by atoms with E-state index < -0.39 is 0 Å². The summed E-state index contributed by atoms with van der Waals surface area (Å²) in [6.07, 6.45) is 2.33. The van der Waals surface area contributed by atoms with Crippen LogP contribution in [0.5, 0.6) is 0 Å². The third-order valence-electron chi connectivity index (χ3n) is 2.18.